The van der Waals surface area contributed by atoms with Crippen LogP contribution in [0.3, 0.4) is 0 Å². The van der Waals surface area contributed by atoms with Crippen LogP contribution in [0.1, 0.15) is 42.3 Å². The molecule has 1 heterocycles. The van der Waals surface area contributed by atoms with Gasteiger partial charge in [0.1, 0.15) is 10.7 Å². The van der Waals surface area contributed by atoms with Crippen LogP contribution in [0.25, 0.3) is 0 Å². The van der Waals surface area contributed by atoms with Crippen LogP contribution in [0.4, 0.5) is 13.6 Å². The van der Waals surface area contributed by atoms with Crippen molar-refractivity contribution in [3.8, 4) is 0 Å². The third-order valence-corrected chi connectivity index (χ3v) is 6.68. The molecule has 1 aromatic carbocycles. The van der Waals surface area contributed by atoms with Gasteiger partial charge >= 0.3 is 11.7 Å². The van der Waals surface area contributed by atoms with Crippen molar-refractivity contribution in [3.63, 3.8) is 0 Å². The van der Waals surface area contributed by atoms with Gasteiger partial charge in [-0.25, -0.2) is 31.5 Å². The number of halogens is 3. The van der Waals surface area contributed by atoms with Gasteiger partial charge < -0.3 is 0 Å². The molecule has 1 amide bonds. The molecule has 8 nitrogen and oxygen atoms in total. The predicted molar refractivity (Wildman–Crippen MR) is 99.5 cm³/mol. The number of benzene rings is 1. The maximum Gasteiger partial charge on any atom is 0.360 e. The fourth-order valence-electron chi connectivity index (χ4n) is 2.77. The first-order chi connectivity index (χ1) is 12.5. The van der Waals surface area contributed by atoms with Gasteiger partial charge in [-0.15, -0.1) is 9.78 Å². The molecule has 0 atom stereocenters. The molecule has 0 spiro atoms. The SMILES string of the molecule is Cc1cc(I)c(S(=O)(=O)NC(=O)n2nc(C)n(C3CC3)c2=O)c(C(F)F)c1. The minimum Gasteiger partial charge on any atom is -0.276 e. The zero-order valence-electron chi connectivity index (χ0n) is 14.2. The Labute approximate surface area is 166 Å². The second-order valence-electron chi connectivity index (χ2n) is 6.22. The first-order valence-electron chi connectivity index (χ1n) is 7.86. The highest BCUT2D eigenvalue weighted by atomic mass is 127. The lowest BCUT2D eigenvalue weighted by atomic mass is 10.1. The van der Waals surface area contributed by atoms with E-state index in [9.17, 15) is 26.8 Å². The number of carbonyl (C=O) groups excluding carboxylic acids is 1. The van der Waals surface area contributed by atoms with E-state index in [0.717, 1.165) is 18.9 Å². The molecule has 146 valence electrons. The van der Waals surface area contributed by atoms with E-state index in [0.29, 0.717) is 10.2 Å². The van der Waals surface area contributed by atoms with Crippen LogP contribution in [0.2, 0.25) is 0 Å². The van der Waals surface area contributed by atoms with E-state index in [1.165, 1.54) is 17.6 Å². The van der Waals surface area contributed by atoms with Gasteiger partial charge in [0.15, 0.2) is 0 Å². The van der Waals surface area contributed by atoms with Crippen LogP contribution >= 0.6 is 22.6 Å². The largest absolute Gasteiger partial charge is 0.360 e. The molecular weight excluding hydrogens is 497 g/mol. The molecule has 27 heavy (non-hydrogen) atoms. The summed E-state index contributed by atoms with van der Waals surface area (Å²) in [5.74, 6) is 0.272. The van der Waals surface area contributed by atoms with Gasteiger partial charge in [0.2, 0.25) is 0 Å². The van der Waals surface area contributed by atoms with Crippen molar-refractivity contribution in [2.45, 2.75) is 44.1 Å². The van der Waals surface area contributed by atoms with Crippen LogP contribution in [0.15, 0.2) is 21.8 Å². The Morgan fingerprint density at radius 3 is 2.52 bits per heavy atom. The highest BCUT2D eigenvalue weighted by Crippen LogP contribution is 2.34. The zero-order valence-corrected chi connectivity index (χ0v) is 17.2. The number of aromatic nitrogens is 3. The Hall–Kier alpha value is -1.83. The maximum absolute atomic E-state index is 13.3. The normalized spacial score (nSPS) is 14.6. The van der Waals surface area contributed by atoms with E-state index in [4.69, 9.17) is 0 Å². The Kier molecular flexibility index (Phi) is 5.14. The van der Waals surface area contributed by atoms with Crippen LogP contribution in [-0.4, -0.2) is 28.8 Å². The molecule has 0 bridgehead atoms. The molecule has 12 heteroatoms. The van der Waals surface area contributed by atoms with Crippen LogP contribution in [0.5, 0.6) is 0 Å². The summed E-state index contributed by atoms with van der Waals surface area (Å²) in [6.07, 6.45) is -1.52. The highest BCUT2D eigenvalue weighted by molar-refractivity contribution is 14.1. The van der Waals surface area contributed by atoms with Crippen molar-refractivity contribution in [1.29, 1.82) is 0 Å². The van der Waals surface area contributed by atoms with Crippen LogP contribution < -0.4 is 10.4 Å². The predicted octanol–water partition coefficient (Wildman–Crippen LogP) is 2.49. The van der Waals surface area contributed by atoms with Crippen molar-refractivity contribution in [3.05, 3.63) is 43.1 Å². The quantitative estimate of drug-likeness (QED) is 0.635. The van der Waals surface area contributed by atoms with Crippen molar-refractivity contribution in [2.24, 2.45) is 0 Å². The standard InChI is InChI=1S/C15H15F2IN4O4S/c1-7-5-10(13(16)17)12(11(18)6-7)27(25,26)20-14(23)22-15(24)21(8(2)19-22)9-3-4-9/h5-6,9,13H,3-4H2,1-2H3,(H,20,23). The lowest BCUT2D eigenvalue weighted by molar-refractivity contribution is 0.147. The molecule has 1 N–H and O–H groups in total. The van der Waals surface area contributed by atoms with Gasteiger partial charge in [-0.05, 0) is 67.0 Å². The minimum absolute atomic E-state index is 0.0373. The van der Waals surface area contributed by atoms with E-state index in [1.807, 2.05) is 0 Å². The Balaban J connectivity index is 2.00. The monoisotopic (exact) mass is 512 g/mol. The van der Waals surface area contributed by atoms with Crippen molar-refractivity contribution < 1.29 is 22.0 Å². The Morgan fingerprint density at radius 1 is 1.33 bits per heavy atom. The molecule has 1 saturated carbocycles. The number of amides is 1. The third kappa shape index (κ3) is 3.77. The maximum atomic E-state index is 13.3. The van der Waals surface area contributed by atoms with Crippen molar-refractivity contribution >= 4 is 38.6 Å². The first kappa shape index (κ1) is 19.9. The summed E-state index contributed by atoms with van der Waals surface area (Å²) in [7, 11) is -4.65. The Morgan fingerprint density at radius 2 is 1.96 bits per heavy atom. The third-order valence-electron chi connectivity index (χ3n) is 4.03. The lowest BCUT2D eigenvalue weighted by Gasteiger charge is -2.13. The van der Waals surface area contributed by atoms with E-state index in [2.05, 4.69) is 5.10 Å². The summed E-state index contributed by atoms with van der Waals surface area (Å²) < 4.78 is 55.3. The molecule has 0 radical (unpaired) electrons. The molecule has 0 unspecified atom stereocenters. The summed E-state index contributed by atoms with van der Waals surface area (Å²) in [5.41, 5.74) is -1.03. The lowest BCUT2D eigenvalue weighted by Crippen LogP contribution is -2.41. The molecule has 1 fully saturated rings. The summed E-state index contributed by atoms with van der Waals surface area (Å²) in [4.78, 5) is 23.9. The number of nitrogens with zero attached hydrogens (tertiary/aromatic N) is 3. The van der Waals surface area contributed by atoms with Gasteiger partial charge in [0.05, 0.1) is 0 Å². The summed E-state index contributed by atoms with van der Waals surface area (Å²) >= 11 is 1.61. The summed E-state index contributed by atoms with van der Waals surface area (Å²) in [5, 5.41) is 3.78. The van der Waals surface area contributed by atoms with E-state index < -0.39 is 38.6 Å². The second-order valence-corrected chi connectivity index (χ2v) is 9.00. The van der Waals surface area contributed by atoms with Crippen molar-refractivity contribution in [2.75, 3.05) is 0 Å². The molecular formula is C15H15F2IN4O4S. The van der Waals surface area contributed by atoms with Crippen molar-refractivity contribution in [1.82, 2.24) is 19.1 Å². The van der Waals surface area contributed by atoms with Crippen LogP contribution in [-0.2, 0) is 10.0 Å². The van der Waals surface area contributed by atoms with Gasteiger partial charge in [0.25, 0.3) is 16.4 Å². The topological polar surface area (TPSA) is 103 Å². The number of rotatable bonds is 4. The number of alkyl halides is 2. The van der Waals surface area contributed by atoms with Crippen LogP contribution in [0, 0.1) is 17.4 Å². The highest BCUT2D eigenvalue weighted by Gasteiger charge is 2.32. The second kappa shape index (κ2) is 6.96. The summed E-state index contributed by atoms with van der Waals surface area (Å²) in [6, 6.07) is 1.08. The van der Waals surface area contributed by atoms with Gasteiger partial charge in [-0.2, -0.15) is 0 Å². The number of nitrogens with one attached hydrogen (secondary N) is 1. The molecule has 2 aromatic rings. The molecule has 1 aliphatic carbocycles. The minimum atomic E-state index is -4.65. The van der Waals surface area contributed by atoms with Gasteiger partial charge in [-0.3, -0.25) is 4.57 Å². The zero-order chi connectivity index (χ0) is 20.1. The number of hydrogen-bond donors (Lipinski definition) is 1. The molecule has 3 rings (SSSR count). The van der Waals surface area contributed by atoms with Gasteiger partial charge in [-0.1, -0.05) is 0 Å². The number of aryl methyl sites for hydroxylation is 2. The number of hydrogen-bond acceptors (Lipinski definition) is 5. The van der Waals surface area contributed by atoms with E-state index >= 15 is 0 Å². The smallest absolute Gasteiger partial charge is 0.276 e. The molecule has 0 aliphatic heterocycles. The van der Waals surface area contributed by atoms with E-state index in [-0.39, 0.29) is 15.4 Å². The fourth-order valence-corrected chi connectivity index (χ4v) is 5.64. The molecule has 1 aliphatic rings. The summed E-state index contributed by atoms with van der Waals surface area (Å²) in [6.45, 7) is 3.08. The molecule has 1 aromatic heterocycles. The average molecular weight is 512 g/mol. The van der Waals surface area contributed by atoms with Gasteiger partial charge in [0, 0.05) is 15.2 Å². The fraction of sp³-hybridized carbons (Fsp3) is 0.400. The number of sulfonamides is 1. The first-order valence-corrected chi connectivity index (χ1v) is 10.4. The number of carbonyl (C=O) groups is 1. The average Bonchev–Trinajstić information content (AvgIpc) is 3.31. The Bertz CT molecular complexity index is 1090. The molecule has 0 saturated heterocycles. The van der Waals surface area contributed by atoms with E-state index in [1.54, 1.807) is 34.2 Å².